The van der Waals surface area contributed by atoms with Gasteiger partial charge in [-0.15, -0.1) is 0 Å². The minimum atomic E-state index is 1.32. The number of hydrogen-bond donors (Lipinski definition) is 0. The lowest BCUT2D eigenvalue weighted by molar-refractivity contribution is 0.638. The third-order valence-electron chi connectivity index (χ3n) is 1.66. The molecule has 0 aliphatic heterocycles. The SMILES string of the molecule is C1=CCCCCCC1.[N-]=[N+]=[N-]. The van der Waals surface area contributed by atoms with E-state index in [1.165, 1.54) is 43.4 Å². The van der Waals surface area contributed by atoms with Gasteiger partial charge in [0, 0.05) is 0 Å². The van der Waals surface area contributed by atoms with E-state index in [2.05, 4.69) is 12.2 Å². The molecule has 0 amide bonds. The Labute approximate surface area is 67.5 Å². The van der Waals surface area contributed by atoms with E-state index in [4.69, 9.17) is 11.1 Å². The topological polar surface area (TPSA) is 58.7 Å². The molecule has 1 aliphatic rings. The first-order valence-electron chi connectivity index (χ1n) is 4.05. The van der Waals surface area contributed by atoms with Crippen molar-refractivity contribution >= 4 is 0 Å². The highest BCUT2D eigenvalue weighted by molar-refractivity contribution is 4.82. The molecule has 11 heavy (non-hydrogen) atoms. The van der Waals surface area contributed by atoms with Gasteiger partial charge in [0.2, 0.25) is 0 Å². The third kappa shape index (κ3) is 9.05. The molecule has 0 fully saturated rings. The second-order valence-corrected chi connectivity index (χ2v) is 2.55. The fraction of sp³-hybridized carbons (Fsp3) is 0.750. The molecule has 0 saturated heterocycles. The summed E-state index contributed by atoms with van der Waals surface area (Å²) in [5, 5.41) is 0. The molecule has 0 spiro atoms. The Bertz CT molecular complexity index is 124. The van der Waals surface area contributed by atoms with Crippen molar-refractivity contribution < 1.29 is 0 Å². The van der Waals surface area contributed by atoms with E-state index < -0.39 is 0 Å². The van der Waals surface area contributed by atoms with Crippen LogP contribution < -0.4 is 0 Å². The van der Waals surface area contributed by atoms with Crippen molar-refractivity contribution in [3.63, 3.8) is 0 Å². The molecule has 0 saturated carbocycles. The summed E-state index contributed by atoms with van der Waals surface area (Å²) in [6, 6.07) is 0. The molecule has 0 N–H and O–H groups in total. The molecule has 0 bridgehead atoms. The Kier molecular flexibility index (Phi) is 8.27. The van der Waals surface area contributed by atoms with Gasteiger partial charge in [0.05, 0.1) is 0 Å². The van der Waals surface area contributed by atoms with Crippen LogP contribution in [-0.2, 0) is 0 Å². The summed E-state index contributed by atoms with van der Waals surface area (Å²) in [5.74, 6) is 0. The van der Waals surface area contributed by atoms with Crippen LogP contribution in [0.3, 0.4) is 0 Å². The molecule has 3 nitrogen and oxygen atoms in total. The van der Waals surface area contributed by atoms with Gasteiger partial charge in [-0.3, -0.25) is 4.91 Å². The Balaban J connectivity index is 0.000000292. The zero-order chi connectivity index (χ0) is 8.36. The van der Waals surface area contributed by atoms with Crippen LogP contribution in [0.15, 0.2) is 12.2 Å². The molecule has 0 atom stereocenters. The minimum Gasteiger partial charge on any atom is -0.373 e. The Morgan fingerprint density at radius 3 is 1.55 bits per heavy atom. The molecule has 3 heteroatoms. The number of nitrogens with zero attached hydrogens (tertiary/aromatic N) is 3. The van der Waals surface area contributed by atoms with Gasteiger partial charge in [-0.25, -0.2) is 0 Å². The van der Waals surface area contributed by atoms with E-state index in [1.54, 1.807) is 0 Å². The van der Waals surface area contributed by atoms with Gasteiger partial charge >= 0.3 is 0 Å². The van der Waals surface area contributed by atoms with Crippen LogP contribution in [0.5, 0.6) is 0 Å². The van der Waals surface area contributed by atoms with Crippen LogP contribution in [0, 0.1) is 0 Å². The van der Waals surface area contributed by atoms with Crippen molar-refractivity contribution in [2.24, 2.45) is 0 Å². The summed E-state index contributed by atoms with van der Waals surface area (Å²) >= 11 is 0. The van der Waals surface area contributed by atoms with Gasteiger partial charge in [-0.2, -0.15) is 0 Å². The van der Waals surface area contributed by atoms with E-state index in [0.717, 1.165) is 0 Å². The van der Waals surface area contributed by atoms with E-state index in [1.807, 2.05) is 0 Å². The molecule has 62 valence electrons. The molecular formula is C8H14N3-. The van der Waals surface area contributed by atoms with Gasteiger partial charge < -0.3 is 11.1 Å². The lowest BCUT2D eigenvalue weighted by Crippen LogP contribution is -1.80. The molecule has 0 aromatic carbocycles. The van der Waals surface area contributed by atoms with Gasteiger partial charge in [-0.05, 0) is 25.7 Å². The maximum atomic E-state index is 6.75. The van der Waals surface area contributed by atoms with Crippen LogP contribution in [-0.4, -0.2) is 0 Å². The van der Waals surface area contributed by atoms with Crippen molar-refractivity contribution in [1.29, 1.82) is 0 Å². The highest BCUT2D eigenvalue weighted by Gasteiger charge is 1.89. The van der Waals surface area contributed by atoms with Gasteiger partial charge in [-0.1, -0.05) is 25.0 Å². The fourth-order valence-corrected chi connectivity index (χ4v) is 1.11. The Morgan fingerprint density at radius 1 is 0.818 bits per heavy atom. The van der Waals surface area contributed by atoms with E-state index >= 15 is 0 Å². The summed E-state index contributed by atoms with van der Waals surface area (Å²) in [5.41, 5.74) is 13.5. The van der Waals surface area contributed by atoms with Crippen molar-refractivity contribution in [1.82, 2.24) is 0 Å². The van der Waals surface area contributed by atoms with E-state index in [-0.39, 0.29) is 0 Å². The minimum absolute atomic E-state index is 1.32. The van der Waals surface area contributed by atoms with Crippen molar-refractivity contribution in [3.8, 4) is 0 Å². The average Bonchev–Trinajstić information content (AvgIpc) is 1.86. The van der Waals surface area contributed by atoms with Crippen LogP contribution in [0.4, 0.5) is 0 Å². The van der Waals surface area contributed by atoms with Gasteiger partial charge in [0.1, 0.15) is 0 Å². The second kappa shape index (κ2) is 9.05. The normalized spacial score (nSPS) is 16.7. The standard InChI is InChI=1S/C8H14.N3/c1-2-4-6-8-7-5-3-1;1-3-2/h1-2H,3-8H2;/q;-1. The van der Waals surface area contributed by atoms with E-state index in [9.17, 15) is 0 Å². The second-order valence-electron chi connectivity index (χ2n) is 2.55. The van der Waals surface area contributed by atoms with Gasteiger partial charge in [0.15, 0.2) is 0 Å². The third-order valence-corrected chi connectivity index (χ3v) is 1.66. The summed E-state index contributed by atoms with van der Waals surface area (Å²) in [4.78, 5) is 1.50. The fourth-order valence-electron chi connectivity index (χ4n) is 1.11. The largest absolute Gasteiger partial charge is 0.373 e. The number of hydrogen-bond acceptors (Lipinski definition) is 0. The molecule has 0 radical (unpaired) electrons. The number of rotatable bonds is 0. The predicted molar refractivity (Wildman–Crippen MR) is 46.9 cm³/mol. The van der Waals surface area contributed by atoms with Crippen molar-refractivity contribution in [3.05, 3.63) is 28.1 Å². The molecule has 1 aliphatic carbocycles. The predicted octanol–water partition coefficient (Wildman–Crippen LogP) is 3.76. The highest BCUT2D eigenvalue weighted by Crippen LogP contribution is 2.09. The van der Waals surface area contributed by atoms with Crippen LogP contribution in [0.25, 0.3) is 16.0 Å². The summed E-state index contributed by atoms with van der Waals surface area (Å²) < 4.78 is 0. The molecular weight excluding hydrogens is 138 g/mol. The lowest BCUT2D eigenvalue weighted by Gasteiger charge is -2.00. The smallest absolute Gasteiger partial charge is 0.0351 e. The molecule has 0 aromatic rings. The lowest BCUT2D eigenvalue weighted by atomic mass is 10.1. The highest BCUT2D eigenvalue weighted by atomic mass is 15.0. The zero-order valence-electron chi connectivity index (χ0n) is 6.74. The first-order valence-corrected chi connectivity index (χ1v) is 4.05. The quantitative estimate of drug-likeness (QED) is 0.219. The average molecular weight is 152 g/mol. The maximum absolute atomic E-state index is 6.75. The van der Waals surface area contributed by atoms with Crippen molar-refractivity contribution in [2.45, 2.75) is 38.5 Å². The maximum Gasteiger partial charge on any atom is -0.0351 e. The first-order chi connectivity index (χ1) is 5.41. The van der Waals surface area contributed by atoms with E-state index in [0.29, 0.717) is 0 Å². The van der Waals surface area contributed by atoms with Crippen LogP contribution >= 0.6 is 0 Å². The molecule has 0 heterocycles. The summed E-state index contributed by atoms with van der Waals surface area (Å²) in [7, 11) is 0. The summed E-state index contributed by atoms with van der Waals surface area (Å²) in [6.07, 6.45) is 13.0. The Hall–Kier alpha value is -0.950. The Morgan fingerprint density at radius 2 is 1.18 bits per heavy atom. The summed E-state index contributed by atoms with van der Waals surface area (Å²) in [6.45, 7) is 0. The van der Waals surface area contributed by atoms with Crippen molar-refractivity contribution in [2.75, 3.05) is 0 Å². The van der Waals surface area contributed by atoms with Crippen LogP contribution in [0.1, 0.15) is 38.5 Å². The van der Waals surface area contributed by atoms with Gasteiger partial charge in [0.25, 0.3) is 0 Å². The zero-order valence-corrected chi connectivity index (χ0v) is 6.74. The number of allylic oxidation sites excluding steroid dienone is 2. The van der Waals surface area contributed by atoms with Crippen LogP contribution in [0.2, 0.25) is 0 Å². The monoisotopic (exact) mass is 152 g/mol. The first kappa shape index (κ1) is 10.0. The molecule has 1 rings (SSSR count). The molecule has 0 aromatic heterocycles. The molecule has 0 unspecified atom stereocenters.